The summed E-state index contributed by atoms with van der Waals surface area (Å²) in [5.41, 5.74) is 1.12. The molecule has 0 N–H and O–H groups in total. The van der Waals surface area contributed by atoms with Crippen LogP contribution in [0.4, 0.5) is 0 Å². The molecule has 0 saturated carbocycles. The van der Waals surface area contributed by atoms with Gasteiger partial charge in [-0.25, -0.2) is 4.98 Å². The summed E-state index contributed by atoms with van der Waals surface area (Å²) in [5, 5.41) is 0. The molecule has 2 rings (SSSR count). The maximum absolute atomic E-state index is 11.6. The predicted octanol–water partition coefficient (Wildman–Crippen LogP) is 0.557. The van der Waals surface area contributed by atoms with Gasteiger partial charge < -0.3 is 9.30 Å². The van der Waals surface area contributed by atoms with E-state index in [1.165, 1.54) is 7.11 Å². The average molecular weight is 223 g/mol. The molecule has 1 unspecified atom stereocenters. The van der Waals surface area contributed by atoms with Gasteiger partial charge in [0.1, 0.15) is 6.04 Å². The number of carbonyl (C=O) groups excluding carboxylic acids is 1. The molecule has 1 aliphatic rings. The van der Waals surface area contributed by atoms with Crippen molar-refractivity contribution >= 4 is 5.97 Å². The lowest BCUT2D eigenvalue weighted by Gasteiger charge is -2.22. The SMILES string of the molecule is COC(=O)C1CCCN1Cc1cncn1C. The van der Waals surface area contributed by atoms with E-state index in [1.807, 2.05) is 17.8 Å². The number of nitrogens with zero attached hydrogens (tertiary/aromatic N) is 3. The van der Waals surface area contributed by atoms with Crippen molar-refractivity contribution < 1.29 is 9.53 Å². The van der Waals surface area contributed by atoms with Gasteiger partial charge in [-0.15, -0.1) is 0 Å². The first-order valence-electron chi connectivity index (χ1n) is 5.49. The Morgan fingerprint density at radius 2 is 2.50 bits per heavy atom. The smallest absolute Gasteiger partial charge is 0.323 e. The molecule has 88 valence electrons. The van der Waals surface area contributed by atoms with Gasteiger partial charge in [0, 0.05) is 19.8 Å². The first-order chi connectivity index (χ1) is 7.72. The largest absolute Gasteiger partial charge is 0.468 e. The van der Waals surface area contributed by atoms with Crippen molar-refractivity contribution in [2.75, 3.05) is 13.7 Å². The molecule has 1 aromatic rings. The fraction of sp³-hybridized carbons (Fsp3) is 0.636. The van der Waals surface area contributed by atoms with E-state index in [4.69, 9.17) is 4.74 Å². The summed E-state index contributed by atoms with van der Waals surface area (Å²) in [6.07, 6.45) is 5.56. The zero-order valence-electron chi connectivity index (χ0n) is 9.72. The molecule has 0 amide bonds. The van der Waals surface area contributed by atoms with E-state index in [-0.39, 0.29) is 12.0 Å². The maximum Gasteiger partial charge on any atom is 0.323 e. The van der Waals surface area contributed by atoms with Crippen LogP contribution in [0.5, 0.6) is 0 Å². The number of hydrogen-bond acceptors (Lipinski definition) is 4. The van der Waals surface area contributed by atoms with Crippen LogP contribution in [0.1, 0.15) is 18.5 Å². The lowest BCUT2D eigenvalue weighted by atomic mass is 10.2. The van der Waals surface area contributed by atoms with Crippen molar-refractivity contribution in [2.45, 2.75) is 25.4 Å². The molecule has 0 spiro atoms. The Hall–Kier alpha value is -1.36. The molecule has 1 saturated heterocycles. The van der Waals surface area contributed by atoms with Crippen LogP contribution in [0.25, 0.3) is 0 Å². The minimum Gasteiger partial charge on any atom is -0.468 e. The highest BCUT2D eigenvalue weighted by molar-refractivity contribution is 5.75. The third-order valence-corrected chi connectivity index (χ3v) is 3.12. The molecule has 1 aliphatic heterocycles. The van der Waals surface area contributed by atoms with Crippen LogP contribution >= 0.6 is 0 Å². The molecule has 0 aliphatic carbocycles. The molecule has 1 aromatic heterocycles. The zero-order chi connectivity index (χ0) is 11.5. The number of aryl methyl sites for hydroxylation is 1. The number of ether oxygens (including phenoxy) is 1. The van der Waals surface area contributed by atoms with E-state index in [0.29, 0.717) is 0 Å². The van der Waals surface area contributed by atoms with Crippen LogP contribution < -0.4 is 0 Å². The van der Waals surface area contributed by atoms with Gasteiger partial charge in [0.25, 0.3) is 0 Å². The van der Waals surface area contributed by atoms with Gasteiger partial charge in [-0.1, -0.05) is 0 Å². The first-order valence-corrected chi connectivity index (χ1v) is 5.49. The summed E-state index contributed by atoms with van der Waals surface area (Å²) in [4.78, 5) is 17.8. The number of imidazole rings is 1. The van der Waals surface area contributed by atoms with Crippen LogP contribution in [-0.2, 0) is 23.1 Å². The van der Waals surface area contributed by atoms with Crippen molar-refractivity contribution in [1.29, 1.82) is 0 Å². The van der Waals surface area contributed by atoms with E-state index in [9.17, 15) is 4.79 Å². The highest BCUT2D eigenvalue weighted by Gasteiger charge is 2.31. The highest BCUT2D eigenvalue weighted by atomic mass is 16.5. The molecular weight excluding hydrogens is 206 g/mol. The molecule has 5 heteroatoms. The van der Waals surface area contributed by atoms with Gasteiger partial charge in [0.15, 0.2) is 0 Å². The Balaban J connectivity index is 2.04. The Bertz CT molecular complexity index is 375. The van der Waals surface area contributed by atoms with Gasteiger partial charge >= 0.3 is 5.97 Å². The second kappa shape index (κ2) is 4.65. The van der Waals surface area contributed by atoms with Gasteiger partial charge in [0.2, 0.25) is 0 Å². The third kappa shape index (κ3) is 2.09. The summed E-state index contributed by atoms with van der Waals surface area (Å²) < 4.78 is 6.79. The molecule has 1 atom stereocenters. The normalized spacial score (nSPS) is 21.2. The summed E-state index contributed by atoms with van der Waals surface area (Å²) in [5.74, 6) is -0.125. The van der Waals surface area contributed by atoms with Crippen molar-refractivity contribution in [3.63, 3.8) is 0 Å². The number of rotatable bonds is 3. The number of carbonyl (C=O) groups is 1. The molecule has 0 aromatic carbocycles. The fourth-order valence-electron chi connectivity index (χ4n) is 2.16. The lowest BCUT2D eigenvalue weighted by molar-refractivity contribution is -0.146. The Morgan fingerprint density at radius 3 is 3.12 bits per heavy atom. The van der Waals surface area contributed by atoms with E-state index >= 15 is 0 Å². The summed E-state index contributed by atoms with van der Waals surface area (Å²) in [6.45, 7) is 1.71. The topological polar surface area (TPSA) is 47.4 Å². The quantitative estimate of drug-likeness (QED) is 0.702. The first kappa shape index (κ1) is 11.1. The van der Waals surface area contributed by atoms with Gasteiger partial charge in [0.05, 0.1) is 19.1 Å². The summed E-state index contributed by atoms with van der Waals surface area (Å²) in [6, 6.07) is -0.0834. The van der Waals surface area contributed by atoms with Gasteiger partial charge in [-0.3, -0.25) is 9.69 Å². The van der Waals surface area contributed by atoms with Crippen LogP contribution in [-0.4, -0.2) is 40.1 Å². The second-order valence-electron chi connectivity index (χ2n) is 4.15. The standard InChI is InChI=1S/C11H17N3O2/c1-13-8-12-6-9(13)7-14-5-3-4-10(14)11(15)16-2/h6,8,10H,3-5,7H2,1-2H3. The Morgan fingerprint density at radius 1 is 1.69 bits per heavy atom. The second-order valence-corrected chi connectivity index (χ2v) is 4.15. The van der Waals surface area contributed by atoms with Crippen LogP contribution in [0.3, 0.4) is 0 Å². The number of methoxy groups -OCH3 is 1. The van der Waals surface area contributed by atoms with Crippen molar-refractivity contribution in [3.05, 3.63) is 18.2 Å². The average Bonchev–Trinajstić information content (AvgIpc) is 2.88. The number of esters is 1. The summed E-state index contributed by atoms with van der Waals surface area (Å²) in [7, 11) is 3.41. The molecule has 16 heavy (non-hydrogen) atoms. The van der Waals surface area contributed by atoms with Crippen molar-refractivity contribution in [3.8, 4) is 0 Å². The summed E-state index contributed by atoms with van der Waals surface area (Å²) >= 11 is 0. The number of likely N-dealkylation sites (tertiary alicyclic amines) is 1. The fourth-order valence-corrected chi connectivity index (χ4v) is 2.16. The highest BCUT2D eigenvalue weighted by Crippen LogP contribution is 2.20. The van der Waals surface area contributed by atoms with Crippen LogP contribution in [0.2, 0.25) is 0 Å². The lowest BCUT2D eigenvalue weighted by Crippen LogP contribution is -2.36. The predicted molar refractivity (Wildman–Crippen MR) is 58.7 cm³/mol. The molecule has 0 bridgehead atoms. The Labute approximate surface area is 95.0 Å². The van der Waals surface area contributed by atoms with E-state index in [2.05, 4.69) is 9.88 Å². The molecule has 2 heterocycles. The monoisotopic (exact) mass is 223 g/mol. The van der Waals surface area contributed by atoms with Crippen molar-refractivity contribution in [1.82, 2.24) is 14.5 Å². The van der Waals surface area contributed by atoms with Crippen LogP contribution in [0, 0.1) is 0 Å². The van der Waals surface area contributed by atoms with Gasteiger partial charge in [-0.05, 0) is 19.4 Å². The molecular formula is C11H17N3O2. The van der Waals surface area contributed by atoms with Gasteiger partial charge in [-0.2, -0.15) is 0 Å². The number of hydrogen-bond donors (Lipinski definition) is 0. The molecule has 1 fully saturated rings. The molecule has 5 nitrogen and oxygen atoms in total. The third-order valence-electron chi connectivity index (χ3n) is 3.12. The van der Waals surface area contributed by atoms with E-state index in [0.717, 1.165) is 31.6 Å². The number of aromatic nitrogens is 2. The molecule has 0 radical (unpaired) electrons. The van der Waals surface area contributed by atoms with Crippen LogP contribution in [0.15, 0.2) is 12.5 Å². The minimum absolute atomic E-state index is 0.0834. The van der Waals surface area contributed by atoms with Crippen molar-refractivity contribution in [2.24, 2.45) is 7.05 Å². The van der Waals surface area contributed by atoms with E-state index in [1.54, 1.807) is 6.33 Å². The maximum atomic E-state index is 11.6. The Kier molecular flexibility index (Phi) is 3.24. The zero-order valence-corrected chi connectivity index (χ0v) is 9.72. The van der Waals surface area contributed by atoms with E-state index < -0.39 is 0 Å². The minimum atomic E-state index is -0.125.